The molecule has 0 saturated carbocycles. The largest absolute Gasteiger partial charge is 0.394 e. The lowest BCUT2D eigenvalue weighted by Crippen LogP contribution is -1.97. The maximum atomic E-state index is 8.77. The van der Waals surface area contributed by atoms with E-state index < -0.39 is 0 Å². The zero-order chi connectivity index (χ0) is 11.6. The second-order valence-electron chi connectivity index (χ2n) is 4.66. The van der Waals surface area contributed by atoms with Crippen LogP contribution in [-0.2, 0) is 4.74 Å². The molecule has 2 nitrogen and oxygen atoms in total. The molecule has 1 aliphatic rings. The van der Waals surface area contributed by atoms with Gasteiger partial charge < -0.3 is 9.84 Å². The zero-order valence-corrected chi connectivity index (χ0v) is 10.5. The number of aliphatic hydroxyl groups is 1. The smallest absolute Gasteiger partial charge is 0.107 e. The molecule has 0 spiro atoms. The van der Waals surface area contributed by atoms with Crippen LogP contribution in [0.15, 0.2) is 12.2 Å². The minimum absolute atomic E-state index is 0.124. The number of ether oxygens (including phenoxy) is 1. The molecule has 0 unspecified atom stereocenters. The summed E-state index contributed by atoms with van der Waals surface area (Å²) in [6.45, 7) is 2.43. The highest BCUT2D eigenvalue weighted by molar-refractivity contribution is 4.93. The van der Waals surface area contributed by atoms with Crippen LogP contribution in [0.1, 0.15) is 58.3 Å². The lowest BCUT2D eigenvalue weighted by atomic mass is 10.1. The fourth-order valence-electron chi connectivity index (χ4n) is 1.94. The predicted molar refractivity (Wildman–Crippen MR) is 67.5 cm³/mol. The zero-order valence-electron chi connectivity index (χ0n) is 10.5. The van der Waals surface area contributed by atoms with Crippen LogP contribution in [-0.4, -0.2) is 23.9 Å². The van der Waals surface area contributed by atoms with Crippen molar-refractivity contribution < 1.29 is 9.84 Å². The van der Waals surface area contributed by atoms with E-state index in [-0.39, 0.29) is 12.7 Å². The van der Waals surface area contributed by atoms with Crippen molar-refractivity contribution in [3.63, 3.8) is 0 Å². The third-order valence-electron chi connectivity index (χ3n) is 3.13. The maximum absolute atomic E-state index is 8.77. The Kier molecular flexibility index (Phi) is 7.52. The van der Waals surface area contributed by atoms with Gasteiger partial charge in [0.25, 0.3) is 0 Å². The van der Waals surface area contributed by atoms with Gasteiger partial charge in [0, 0.05) is 0 Å². The molecule has 0 aliphatic carbocycles. The highest BCUT2D eigenvalue weighted by atomic mass is 16.6. The molecule has 94 valence electrons. The fourth-order valence-corrected chi connectivity index (χ4v) is 1.94. The van der Waals surface area contributed by atoms with Crippen molar-refractivity contribution in [2.75, 3.05) is 6.61 Å². The Bertz CT molecular complexity index is 189. The molecule has 1 fully saturated rings. The van der Waals surface area contributed by atoms with Crippen molar-refractivity contribution in [2.24, 2.45) is 0 Å². The number of epoxide rings is 1. The maximum Gasteiger partial charge on any atom is 0.107 e. The van der Waals surface area contributed by atoms with Crippen molar-refractivity contribution >= 4 is 0 Å². The summed E-state index contributed by atoms with van der Waals surface area (Å²) < 4.78 is 5.24. The Hall–Kier alpha value is -0.340. The van der Waals surface area contributed by atoms with Gasteiger partial charge in [0.1, 0.15) is 6.10 Å². The first-order valence-electron chi connectivity index (χ1n) is 6.79. The number of rotatable bonds is 10. The van der Waals surface area contributed by atoms with Crippen LogP contribution < -0.4 is 0 Å². The van der Waals surface area contributed by atoms with Crippen LogP contribution in [0.3, 0.4) is 0 Å². The van der Waals surface area contributed by atoms with E-state index >= 15 is 0 Å². The van der Waals surface area contributed by atoms with E-state index in [0.29, 0.717) is 6.10 Å². The Balaban J connectivity index is 1.79. The minimum Gasteiger partial charge on any atom is -0.394 e. The van der Waals surface area contributed by atoms with Crippen LogP contribution >= 0.6 is 0 Å². The molecule has 1 rings (SSSR count). The van der Waals surface area contributed by atoms with E-state index in [4.69, 9.17) is 9.84 Å². The first-order valence-corrected chi connectivity index (χ1v) is 6.79. The second kappa shape index (κ2) is 8.77. The van der Waals surface area contributed by atoms with Gasteiger partial charge in [-0.3, -0.25) is 0 Å². The molecule has 0 bridgehead atoms. The van der Waals surface area contributed by atoms with Gasteiger partial charge in [-0.15, -0.1) is 0 Å². The summed E-state index contributed by atoms with van der Waals surface area (Å²) in [5.41, 5.74) is 0. The molecule has 0 aromatic carbocycles. The number of hydrogen-bond donors (Lipinski definition) is 1. The van der Waals surface area contributed by atoms with Gasteiger partial charge in [0.15, 0.2) is 0 Å². The molecule has 0 aromatic heterocycles. The summed E-state index contributed by atoms with van der Waals surface area (Å²) in [4.78, 5) is 0. The molecular formula is C14H26O2. The summed E-state index contributed by atoms with van der Waals surface area (Å²) in [7, 11) is 0. The second-order valence-corrected chi connectivity index (χ2v) is 4.66. The lowest BCUT2D eigenvalue weighted by molar-refractivity contribution is 0.242. The topological polar surface area (TPSA) is 32.8 Å². The molecule has 2 atom stereocenters. The average Bonchev–Trinajstić information content (AvgIpc) is 3.05. The van der Waals surface area contributed by atoms with Gasteiger partial charge in [0.05, 0.1) is 12.7 Å². The van der Waals surface area contributed by atoms with E-state index in [1.807, 2.05) is 0 Å². The van der Waals surface area contributed by atoms with Gasteiger partial charge in [-0.2, -0.15) is 0 Å². The number of allylic oxidation sites excluding steroid dienone is 1. The van der Waals surface area contributed by atoms with Crippen LogP contribution in [0.2, 0.25) is 0 Å². The Morgan fingerprint density at radius 3 is 2.44 bits per heavy atom. The standard InChI is InChI=1S/C14H26O2/c1-2-3-4-5-6-7-8-9-10-11-13-14(12-15)16-13/h9-10,13-15H,2-8,11-12H2,1H3/b10-9-/t13-,14-/m1/s1. The molecule has 2 heteroatoms. The molecule has 1 aliphatic heterocycles. The van der Waals surface area contributed by atoms with Crippen molar-refractivity contribution in [3.05, 3.63) is 12.2 Å². The summed E-state index contributed by atoms with van der Waals surface area (Å²) in [6, 6.07) is 0. The van der Waals surface area contributed by atoms with E-state index in [2.05, 4.69) is 19.1 Å². The number of hydrogen-bond acceptors (Lipinski definition) is 2. The molecule has 0 amide bonds. The Morgan fingerprint density at radius 1 is 1.00 bits per heavy atom. The van der Waals surface area contributed by atoms with Gasteiger partial charge in [0.2, 0.25) is 0 Å². The minimum atomic E-state index is 0.124. The van der Waals surface area contributed by atoms with Crippen LogP contribution in [0.25, 0.3) is 0 Å². The van der Waals surface area contributed by atoms with Crippen molar-refractivity contribution in [1.82, 2.24) is 0 Å². The molecule has 1 saturated heterocycles. The Labute approximate surface area is 99.7 Å². The van der Waals surface area contributed by atoms with Crippen LogP contribution in [0.4, 0.5) is 0 Å². The first kappa shape index (κ1) is 13.7. The van der Waals surface area contributed by atoms with Gasteiger partial charge in [-0.25, -0.2) is 0 Å². The third-order valence-corrected chi connectivity index (χ3v) is 3.13. The summed E-state index contributed by atoms with van der Waals surface area (Å²) in [5.74, 6) is 0. The van der Waals surface area contributed by atoms with E-state index in [1.165, 1.54) is 44.9 Å². The van der Waals surface area contributed by atoms with Crippen molar-refractivity contribution in [2.45, 2.75) is 70.5 Å². The molecular weight excluding hydrogens is 200 g/mol. The first-order chi connectivity index (χ1) is 7.88. The van der Waals surface area contributed by atoms with Gasteiger partial charge in [-0.05, 0) is 19.3 Å². The number of unbranched alkanes of at least 4 members (excludes halogenated alkanes) is 6. The quantitative estimate of drug-likeness (QED) is 0.351. The molecule has 1 N–H and O–H groups in total. The van der Waals surface area contributed by atoms with E-state index in [0.717, 1.165) is 6.42 Å². The third kappa shape index (κ3) is 6.29. The Morgan fingerprint density at radius 2 is 1.75 bits per heavy atom. The predicted octanol–water partition coefficient (Wildman–Crippen LogP) is 3.44. The van der Waals surface area contributed by atoms with E-state index in [9.17, 15) is 0 Å². The average molecular weight is 226 g/mol. The van der Waals surface area contributed by atoms with Crippen molar-refractivity contribution in [3.8, 4) is 0 Å². The summed E-state index contributed by atoms with van der Waals surface area (Å²) >= 11 is 0. The number of aliphatic hydroxyl groups excluding tert-OH is 1. The highest BCUT2D eigenvalue weighted by Crippen LogP contribution is 2.24. The van der Waals surface area contributed by atoms with Gasteiger partial charge in [-0.1, -0.05) is 51.2 Å². The molecule has 0 radical (unpaired) electrons. The van der Waals surface area contributed by atoms with Crippen molar-refractivity contribution in [1.29, 1.82) is 0 Å². The van der Waals surface area contributed by atoms with Crippen LogP contribution in [0, 0.1) is 0 Å². The van der Waals surface area contributed by atoms with Gasteiger partial charge >= 0.3 is 0 Å². The summed E-state index contributed by atoms with van der Waals surface area (Å²) in [5, 5.41) is 8.77. The normalized spacial score (nSPS) is 24.1. The summed E-state index contributed by atoms with van der Waals surface area (Å²) in [6.07, 6.45) is 15.2. The molecule has 16 heavy (non-hydrogen) atoms. The highest BCUT2D eigenvalue weighted by Gasteiger charge is 2.36. The molecule has 1 heterocycles. The van der Waals surface area contributed by atoms with Crippen LogP contribution in [0.5, 0.6) is 0 Å². The fraction of sp³-hybridized carbons (Fsp3) is 0.857. The van der Waals surface area contributed by atoms with E-state index in [1.54, 1.807) is 0 Å². The SMILES string of the molecule is CCCCCCCC/C=C\C[C@H]1O[C@@H]1CO. The monoisotopic (exact) mass is 226 g/mol. The lowest BCUT2D eigenvalue weighted by Gasteiger charge is -1.97. The molecule has 0 aromatic rings.